The molecular weight excluding hydrogens is 164 g/mol. The molecule has 3 fully saturated rings. The molecule has 2 heteroatoms. The molecule has 0 aliphatic heterocycles. The van der Waals surface area contributed by atoms with Crippen molar-refractivity contribution in [1.82, 2.24) is 0 Å². The smallest absolute Gasteiger partial charge is 0.141 e. The van der Waals surface area contributed by atoms with Gasteiger partial charge < -0.3 is 4.74 Å². The molecule has 3 aliphatic rings. The van der Waals surface area contributed by atoms with Gasteiger partial charge in [-0.1, -0.05) is 13.8 Å². The van der Waals surface area contributed by atoms with Gasteiger partial charge in [-0.15, -0.1) is 0 Å². The van der Waals surface area contributed by atoms with E-state index in [2.05, 4.69) is 13.8 Å². The molecule has 3 rings (SSSR count). The molecule has 74 valence electrons. The Balaban J connectivity index is 2.32. The first kappa shape index (κ1) is 9.20. The maximum atomic E-state index is 11.8. The van der Waals surface area contributed by atoms with Crippen molar-refractivity contribution in [2.45, 2.75) is 45.1 Å². The van der Waals surface area contributed by atoms with Crippen molar-refractivity contribution in [1.29, 1.82) is 0 Å². The van der Waals surface area contributed by atoms with Gasteiger partial charge in [-0.05, 0) is 25.2 Å². The summed E-state index contributed by atoms with van der Waals surface area (Å²) in [4.78, 5) is 11.8. The van der Waals surface area contributed by atoms with Crippen molar-refractivity contribution in [2.24, 2.45) is 11.3 Å². The van der Waals surface area contributed by atoms with Crippen LogP contribution in [0.25, 0.3) is 0 Å². The van der Waals surface area contributed by atoms with Gasteiger partial charge in [0.05, 0.1) is 5.60 Å². The van der Waals surface area contributed by atoms with Crippen LogP contribution in [-0.2, 0) is 9.53 Å². The highest BCUT2D eigenvalue weighted by Crippen LogP contribution is 2.54. The van der Waals surface area contributed by atoms with Crippen LogP contribution in [0.5, 0.6) is 0 Å². The fourth-order valence-electron chi connectivity index (χ4n) is 3.07. The minimum absolute atomic E-state index is 0.0281. The fraction of sp³-hybridized carbons (Fsp3) is 0.909. The number of fused-ring (bicyclic) bond motifs is 3. The number of hydrogen-bond donors (Lipinski definition) is 0. The Labute approximate surface area is 79.7 Å². The van der Waals surface area contributed by atoms with Gasteiger partial charge in [0.15, 0.2) is 0 Å². The minimum atomic E-state index is -0.116. The largest absolute Gasteiger partial charge is 0.377 e. The summed E-state index contributed by atoms with van der Waals surface area (Å²) in [7, 11) is 1.75. The van der Waals surface area contributed by atoms with Gasteiger partial charge in [0, 0.05) is 18.9 Å². The molecule has 3 aliphatic carbocycles. The first-order valence-electron chi connectivity index (χ1n) is 5.11. The van der Waals surface area contributed by atoms with Crippen molar-refractivity contribution in [3.63, 3.8) is 0 Å². The zero-order valence-electron chi connectivity index (χ0n) is 8.72. The van der Waals surface area contributed by atoms with Gasteiger partial charge in [0.1, 0.15) is 5.78 Å². The number of ether oxygens (including phenoxy) is 1. The summed E-state index contributed by atoms with van der Waals surface area (Å²) < 4.78 is 5.57. The second-order valence-electron chi connectivity index (χ2n) is 5.03. The molecule has 3 unspecified atom stereocenters. The van der Waals surface area contributed by atoms with Crippen LogP contribution in [0.2, 0.25) is 0 Å². The maximum absolute atomic E-state index is 11.8. The Morgan fingerprint density at radius 2 is 2.15 bits per heavy atom. The molecule has 13 heavy (non-hydrogen) atoms. The fourth-order valence-corrected chi connectivity index (χ4v) is 3.07. The second kappa shape index (κ2) is 2.57. The first-order valence-corrected chi connectivity index (χ1v) is 5.11. The summed E-state index contributed by atoms with van der Waals surface area (Å²) in [6.07, 6.45) is 3.73. The monoisotopic (exact) mass is 182 g/mol. The average molecular weight is 182 g/mol. The van der Waals surface area contributed by atoms with E-state index in [4.69, 9.17) is 4.74 Å². The van der Waals surface area contributed by atoms with E-state index in [0.717, 1.165) is 19.3 Å². The number of rotatable bonds is 1. The highest BCUT2D eigenvalue weighted by atomic mass is 16.5. The lowest BCUT2D eigenvalue weighted by molar-refractivity contribution is -0.170. The Kier molecular flexibility index (Phi) is 1.82. The van der Waals surface area contributed by atoms with Crippen LogP contribution >= 0.6 is 0 Å². The molecule has 0 radical (unpaired) electrons. The summed E-state index contributed by atoms with van der Waals surface area (Å²) in [5.41, 5.74) is -0.144. The van der Waals surface area contributed by atoms with Gasteiger partial charge in [-0.25, -0.2) is 0 Å². The van der Waals surface area contributed by atoms with Crippen LogP contribution in [0.3, 0.4) is 0 Å². The molecule has 0 heterocycles. The quantitative estimate of drug-likeness (QED) is 0.621. The van der Waals surface area contributed by atoms with Crippen molar-refractivity contribution in [3.8, 4) is 0 Å². The molecule has 2 nitrogen and oxygen atoms in total. The van der Waals surface area contributed by atoms with Gasteiger partial charge in [0.2, 0.25) is 0 Å². The number of carbonyl (C=O) groups is 1. The summed E-state index contributed by atoms with van der Waals surface area (Å²) in [6, 6.07) is 0. The van der Waals surface area contributed by atoms with E-state index in [1.54, 1.807) is 7.11 Å². The van der Waals surface area contributed by atoms with E-state index in [0.29, 0.717) is 18.1 Å². The molecule has 0 spiro atoms. The second-order valence-corrected chi connectivity index (χ2v) is 5.03. The van der Waals surface area contributed by atoms with Crippen molar-refractivity contribution < 1.29 is 9.53 Å². The Morgan fingerprint density at radius 3 is 2.62 bits per heavy atom. The molecule has 0 aromatic heterocycles. The molecule has 0 saturated heterocycles. The highest BCUT2D eigenvalue weighted by molar-refractivity contribution is 5.87. The number of Topliss-reactive ketones (excluding diaryl/α,β-unsaturated/α-hetero) is 1. The first-order chi connectivity index (χ1) is 6.02. The van der Waals surface area contributed by atoms with Crippen molar-refractivity contribution >= 4 is 5.78 Å². The van der Waals surface area contributed by atoms with Gasteiger partial charge in [-0.3, -0.25) is 4.79 Å². The predicted octanol–water partition coefficient (Wildman–Crippen LogP) is 2.17. The van der Waals surface area contributed by atoms with Crippen LogP contribution in [0.15, 0.2) is 0 Å². The normalized spacial score (nSPS) is 49.8. The Hall–Kier alpha value is -0.370. The van der Waals surface area contributed by atoms with E-state index < -0.39 is 0 Å². The van der Waals surface area contributed by atoms with E-state index in [9.17, 15) is 4.79 Å². The highest BCUT2D eigenvalue weighted by Gasteiger charge is 2.55. The minimum Gasteiger partial charge on any atom is -0.377 e. The molecule has 0 N–H and O–H groups in total. The Morgan fingerprint density at radius 1 is 1.46 bits per heavy atom. The summed E-state index contributed by atoms with van der Waals surface area (Å²) in [5, 5.41) is 0. The zero-order chi connectivity index (χ0) is 9.69. The third-order valence-electron chi connectivity index (χ3n) is 4.29. The molecule has 0 amide bonds. The van der Waals surface area contributed by atoms with Gasteiger partial charge >= 0.3 is 0 Å². The van der Waals surface area contributed by atoms with Crippen LogP contribution in [0.4, 0.5) is 0 Å². The molecule has 0 aromatic rings. The predicted molar refractivity (Wildman–Crippen MR) is 50.5 cm³/mol. The van der Waals surface area contributed by atoms with Crippen LogP contribution < -0.4 is 0 Å². The zero-order valence-corrected chi connectivity index (χ0v) is 8.72. The number of hydrogen-bond acceptors (Lipinski definition) is 2. The third kappa shape index (κ3) is 1.08. The topological polar surface area (TPSA) is 26.3 Å². The third-order valence-corrected chi connectivity index (χ3v) is 4.29. The lowest BCUT2D eigenvalue weighted by Gasteiger charge is -2.53. The standard InChI is InChI=1S/C11H18O2/c1-8-6-10(2)4-5-11(8,13-3)7-9(10)12/h8H,4-7H2,1-3H3. The average Bonchev–Trinajstić information content (AvgIpc) is 2.09. The van der Waals surface area contributed by atoms with E-state index in [1.165, 1.54) is 0 Å². The summed E-state index contributed by atoms with van der Waals surface area (Å²) in [6.45, 7) is 4.33. The molecule has 3 atom stereocenters. The number of ketones is 1. The van der Waals surface area contributed by atoms with Crippen LogP contribution in [0.1, 0.15) is 39.5 Å². The molecule has 2 bridgehead atoms. The summed E-state index contributed by atoms with van der Waals surface area (Å²) in [5.74, 6) is 0.952. The van der Waals surface area contributed by atoms with Crippen LogP contribution in [0, 0.1) is 11.3 Å². The lowest BCUT2D eigenvalue weighted by atomic mass is 9.54. The molecule has 3 saturated carbocycles. The molecule has 0 aromatic carbocycles. The maximum Gasteiger partial charge on any atom is 0.141 e. The van der Waals surface area contributed by atoms with Crippen molar-refractivity contribution in [2.75, 3.05) is 7.11 Å². The van der Waals surface area contributed by atoms with E-state index in [-0.39, 0.29) is 11.0 Å². The van der Waals surface area contributed by atoms with Crippen LogP contribution in [-0.4, -0.2) is 18.5 Å². The van der Waals surface area contributed by atoms with Gasteiger partial charge in [0.25, 0.3) is 0 Å². The number of carbonyl (C=O) groups excluding carboxylic acids is 1. The Bertz CT molecular complexity index is 248. The SMILES string of the molecule is COC12CCC(C)(CC1C)C(=O)C2. The van der Waals surface area contributed by atoms with Gasteiger partial charge in [-0.2, -0.15) is 0 Å². The molecular formula is C11H18O2. The summed E-state index contributed by atoms with van der Waals surface area (Å²) >= 11 is 0. The van der Waals surface area contributed by atoms with E-state index >= 15 is 0 Å². The lowest BCUT2D eigenvalue weighted by Crippen LogP contribution is -2.56. The van der Waals surface area contributed by atoms with E-state index in [1.807, 2.05) is 0 Å². The number of methoxy groups -OCH3 is 1. The van der Waals surface area contributed by atoms with Crippen molar-refractivity contribution in [3.05, 3.63) is 0 Å².